The first-order valence-corrected chi connectivity index (χ1v) is 24.3. The molecular weight excluding hydrogens is 868 g/mol. The summed E-state index contributed by atoms with van der Waals surface area (Å²) in [6.45, 7) is 11.8. The molecule has 3 N–H and O–H groups in total. The van der Waals surface area contributed by atoms with Gasteiger partial charge in [0.1, 0.15) is 22.8 Å². The molecule has 342 valence electrons. The summed E-state index contributed by atoms with van der Waals surface area (Å²) in [4.78, 5) is 39.9. The van der Waals surface area contributed by atoms with E-state index < -0.39 is 31.4 Å². The Labute approximate surface area is 384 Å². The molecule has 0 spiro atoms. The predicted octanol–water partition coefficient (Wildman–Crippen LogP) is 8.49. The van der Waals surface area contributed by atoms with Crippen LogP contribution in [-0.2, 0) is 14.8 Å². The third-order valence-electron chi connectivity index (χ3n) is 13.4. The number of nitro benzene ring substituents is 1. The number of rotatable bonds is 13. The molecule has 3 fully saturated rings. The molecule has 65 heavy (non-hydrogen) atoms. The largest absolute Gasteiger partial charge is 0.455 e. The lowest BCUT2D eigenvalue weighted by molar-refractivity contribution is -0.384. The van der Waals surface area contributed by atoms with Crippen molar-refractivity contribution < 1.29 is 27.6 Å². The maximum atomic E-state index is 14.0. The van der Waals surface area contributed by atoms with Crippen molar-refractivity contribution in [3.8, 4) is 11.5 Å². The first kappa shape index (κ1) is 44.7. The molecule has 2 aliphatic carbocycles. The number of amides is 1. The molecule has 9 rings (SSSR count). The van der Waals surface area contributed by atoms with Gasteiger partial charge in [0.2, 0.25) is 0 Å². The van der Waals surface area contributed by atoms with E-state index >= 15 is 0 Å². The number of nitrogens with one attached hydrogen (secondary N) is 3. The molecule has 1 saturated carbocycles. The second-order valence-corrected chi connectivity index (χ2v) is 20.5. The second-order valence-electron chi connectivity index (χ2n) is 18.4. The fraction of sp³-hybridized carbons (Fsp3) is 0.417. The number of allylic oxidation sites excluding steroid dienone is 1. The molecule has 2 aliphatic heterocycles. The number of sulfonamides is 1. The number of pyridine rings is 1. The fourth-order valence-corrected chi connectivity index (χ4v) is 10.9. The predicted molar refractivity (Wildman–Crippen MR) is 252 cm³/mol. The molecule has 4 heterocycles. The third kappa shape index (κ3) is 10.3. The van der Waals surface area contributed by atoms with Crippen LogP contribution in [0.1, 0.15) is 68.3 Å². The Hall–Kier alpha value is -5.52. The molecule has 2 aromatic heterocycles. The highest BCUT2D eigenvalue weighted by Gasteiger charge is 2.33. The number of hydrogen-bond acceptors (Lipinski definition) is 12. The van der Waals surface area contributed by atoms with Gasteiger partial charge in [0.25, 0.3) is 21.6 Å². The van der Waals surface area contributed by atoms with Gasteiger partial charge in [0.15, 0.2) is 0 Å². The molecule has 5 aromatic rings. The second kappa shape index (κ2) is 18.8. The van der Waals surface area contributed by atoms with Gasteiger partial charge in [-0.3, -0.25) is 24.7 Å². The number of nitro groups is 1. The van der Waals surface area contributed by atoms with Crippen molar-refractivity contribution in [1.82, 2.24) is 24.5 Å². The van der Waals surface area contributed by atoms with Crippen molar-refractivity contribution in [2.24, 2.45) is 5.41 Å². The lowest BCUT2D eigenvalue weighted by atomic mass is 9.72. The minimum absolute atomic E-state index is 0.0110. The average molecular weight is 924 g/mol. The van der Waals surface area contributed by atoms with Crippen LogP contribution in [-0.4, -0.2) is 110 Å². The van der Waals surface area contributed by atoms with Crippen LogP contribution >= 0.6 is 11.6 Å². The van der Waals surface area contributed by atoms with E-state index in [2.05, 4.69) is 60.7 Å². The minimum atomic E-state index is -4.57. The molecule has 15 nitrogen and oxygen atoms in total. The van der Waals surface area contributed by atoms with Crippen LogP contribution in [0.2, 0.25) is 5.02 Å². The monoisotopic (exact) mass is 922 g/mol. The van der Waals surface area contributed by atoms with E-state index in [1.54, 1.807) is 30.5 Å². The lowest BCUT2D eigenvalue weighted by Crippen LogP contribution is -2.47. The summed E-state index contributed by atoms with van der Waals surface area (Å²) < 4.78 is 41.6. The van der Waals surface area contributed by atoms with Crippen molar-refractivity contribution in [3.63, 3.8) is 0 Å². The van der Waals surface area contributed by atoms with Crippen LogP contribution in [0.25, 0.3) is 16.6 Å². The zero-order valence-corrected chi connectivity index (χ0v) is 38.3. The Morgan fingerprint density at radius 1 is 1.00 bits per heavy atom. The van der Waals surface area contributed by atoms with Gasteiger partial charge in [-0.2, -0.15) is 0 Å². The first-order chi connectivity index (χ1) is 31.3. The van der Waals surface area contributed by atoms with Gasteiger partial charge < -0.3 is 24.7 Å². The highest BCUT2D eigenvalue weighted by atomic mass is 35.5. The summed E-state index contributed by atoms with van der Waals surface area (Å²) in [5, 5.41) is 17.1. The summed E-state index contributed by atoms with van der Waals surface area (Å²) in [7, 11) is -4.57. The SMILES string of the molecule is CC1(C)CCC(CN2CCN(c3ccc(C(=O)NS(=O)(=O)c4ccc(N[C@H]5CC[C@@H](N6CCOCC6)C5)c([N+](=O)[O-])c4)c(Oc4cnc5[nH]ccc5c4)c3)CC2)=C(c2ccc(Cl)cc2)C1. The van der Waals surface area contributed by atoms with Gasteiger partial charge in [-0.15, -0.1) is 0 Å². The molecule has 1 amide bonds. The van der Waals surface area contributed by atoms with Crippen molar-refractivity contribution in [2.45, 2.75) is 69.4 Å². The zero-order chi connectivity index (χ0) is 45.3. The van der Waals surface area contributed by atoms with Crippen LogP contribution in [0.3, 0.4) is 0 Å². The number of nitrogens with zero attached hydrogens (tertiary/aromatic N) is 5. The lowest BCUT2D eigenvalue weighted by Gasteiger charge is -2.39. The van der Waals surface area contributed by atoms with Gasteiger partial charge in [-0.25, -0.2) is 18.1 Å². The summed E-state index contributed by atoms with van der Waals surface area (Å²) >= 11 is 6.25. The Morgan fingerprint density at radius 3 is 2.55 bits per heavy atom. The van der Waals surface area contributed by atoms with Gasteiger partial charge in [0.05, 0.1) is 34.8 Å². The maximum absolute atomic E-state index is 14.0. The smallest absolute Gasteiger partial charge is 0.293 e. The van der Waals surface area contributed by atoms with Crippen LogP contribution in [0.5, 0.6) is 11.5 Å². The van der Waals surface area contributed by atoms with E-state index in [-0.39, 0.29) is 28.5 Å². The van der Waals surface area contributed by atoms with Crippen molar-refractivity contribution >= 4 is 61.2 Å². The molecule has 0 bridgehead atoms. The molecular formula is C48H55ClN8O7S. The van der Waals surface area contributed by atoms with E-state index in [0.717, 1.165) is 107 Å². The highest BCUT2D eigenvalue weighted by Crippen LogP contribution is 2.44. The topological polar surface area (TPSA) is 175 Å². The van der Waals surface area contributed by atoms with E-state index in [0.29, 0.717) is 30.7 Å². The molecule has 4 aliphatic rings. The van der Waals surface area contributed by atoms with E-state index in [1.807, 2.05) is 18.2 Å². The number of carbonyl (C=O) groups is 1. The van der Waals surface area contributed by atoms with Gasteiger partial charge in [0, 0.05) is 92.3 Å². The summed E-state index contributed by atoms with van der Waals surface area (Å²) in [6.07, 6.45) is 9.08. The number of hydrogen-bond donors (Lipinski definition) is 3. The minimum Gasteiger partial charge on any atom is -0.455 e. The van der Waals surface area contributed by atoms with Crippen molar-refractivity contribution in [3.05, 3.63) is 117 Å². The standard InChI is InChI=1S/C48H55ClN8O7S/c1-48(2)15-13-34(42(29-48)32-3-5-35(49)6-4-32)31-54-17-19-55(20-18-54)38-9-11-41(45(27-38)64-39-25-33-14-16-50-46(33)51-30-39)47(58)53-65(61,62)40-10-12-43(44(28-40)57(59)60)52-36-7-8-37(26-36)56-21-23-63-24-22-56/h3-6,9-12,14,16,25,27-28,30,36-37,52H,7-8,13,15,17-24,26,29,31H2,1-2H3,(H,50,51)(H,53,58)/t36-,37+/m0/s1. The number of piperazine rings is 1. The molecule has 2 atom stereocenters. The van der Waals surface area contributed by atoms with E-state index in [1.165, 1.54) is 35.0 Å². The summed E-state index contributed by atoms with van der Waals surface area (Å²) in [6, 6.07) is 20.9. The first-order valence-electron chi connectivity index (χ1n) is 22.4. The van der Waals surface area contributed by atoms with Crippen LogP contribution in [0, 0.1) is 15.5 Å². The number of benzene rings is 3. The maximum Gasteiger partial charge on any atom is 0.293 e. The van der Waals surface area contributed by atoms with Crippen LogP contribution in [0.15, 0.2) is 95.7 Å². The van der Waals surface area contributed by atoms with Gasteiger partial charge >= 0.3 is 0 Å². The fourth-order valence-electron chi connectivity index (χ4n) is 9.75. The number of morpholine rings is 1. The van der Waals surface area contributed by atoms with E-state index in [4.69, 9.17) is 21.1 Å². The molecule has 0 radical (unpaired) electrons. The van der Waals surface area contributed by atoms with Crippen molar-refractivity contribution in [2.75, 3.05) is 69.2 Å². The summed E-state index contributed by atoms with van der Waals surface area (Å²) in [5.74, 6) is -0.458. The Kier molecular flexibility index (Phi) is 12.9. The number of anilines is 2. The third-order valence-corrected chi connectivity index (χ3v) is 15.0. The Bertz CT molecular complexity index is 2710. The Morgan fingerprint density at radius 2 is 1.78 bits per heavy atom. The van der Waals surface area contributed by atoms with Gasteiger partial charge in [-0.1, -0.05) is 43.2 Å². The number of aromatic nitrogens is 2. The Balaban J connectivity index is 0.915. The quantitative estimate of drug-likeness (QED) is 0.0760. The number of ether oxygens (including phenoxy) is 2. The number of fused-ring (bicyclic) bond motifs is 1. The molecule has 0 unspecified atom stereocenters. The normalized spacial score (nSPS) is 20.8. The highest BCUT2D eigenvalue weighted by molar-refractivity contribution is 7.90. The van der Waals surface area contributed by atoms with Crippen LogP contribution < -0.4 is 19.7 Å². The van der Waals surface area contributed by atoms with Crippen molar-refractivity contribution in [1.29, 1.82) is 0 Å². The number of halogens is 1. The zero-order valence-electron chi connectivity index (χ0n) is 36.7. The number of aromatic amines is 1. The van der Waals surface area contributed by atoms with E-state index in [9.17, 15) is 23.3 Å². The van der Waals surface area contributed by atoms with Gasteiger partial charge in [-0.05, 0) is 104 Å². The molecule has 3 aromatic carbocycles. The number of carbonyl (C=O) groups excluding carboxylic acids is 1. The average Bonchev–Trinajstić information content (AvgIpc) is 3.97. The molecule has 2 saturated heterocycles. The summed E-state index contributed by atoms with van der Waals surface area (Å²) in [5.41, 5.74) is 5.62. The molecule has 17 heteroatoms. The number of H-pyrrole nitrogens is 1. The van der Waals surface area contributed by atoms with Crippen LogP contribution in [0.4, 0.5) is 17.1 Å².